The zero-order chi connectivity index (χ0) is 14.6. The lowest BCUT2D eigenvalue weighted by Gasteiger charge is -2.09. The Labute approximate surface area is 123 Å². The minimum atomic E-state index is -0.627. The second kappa shape index (κ2) is 6.47. The number of halogens is 1. The third-order valence-electron chi connectivity index (χ3n) is 2.35. The van der Waals surface area contributed by atoms with Crippen molar-refractivity contribution in [3.63, 3.8) is 0 Å². The van der Waals surface area contributed by atoms with Gasteiger partial charge in [-0.1, -0.05) is 13.8 Å². The fourth-order valence-electron chi connectivity index (χ4n) is 1.23. The highest BCUT2D eigenvalue weighted by Gasteiger charge is 2.21. The van der Waals surface area contributed by atoms with E-state index >= 15 is 0 Å². The van der Waals surface area contributed by atoms with Crippen LogP contribution in [-0.2, 0) is 4.79 Å². The van der Waals surface area contributed by atoms with Gasteiger partial charge in [-0.2, -0.15) is 5.26 Å². The molecule has 0 aromatic heterocycles. The molecule has 0 fully saturated rings. The third-order valence-corrected chi connectivity index (χ3v) is 3.15. The van der Waals surface area contributed by atoms with Gasteiger partial charge < -0.3 is 4.74 Å². The van der Waals surface area contributed by atoms with E-state index in [2.05, 4.69) is 0 Å². The number of carbonyl (C=O) groups is 1. The van der Waals surface area contributed by atoms with Crippen LogP contribution in [0.2, 0.25) is 0 Å². The van der Waals surface area contributed by atoms with Crippen molar-refractivity contribution in [2.24, 2.45) is 5.92 Å². The summed E-state index contributed by atoms with van der Waals surface area (Å²) in [5.41, 5.74) is -0.126. The van der Waals surface area contributed by atoms with Crippen molar-refractivity contribution in [1.82, 2.24) is 0 Å². The van der Waals surface area contributed by atoms with E-state index in [-0.39, 0.29) is 35.3 Å². The van der Waals surface area contributed by atoms with E-state index in [4.69, 9.17) is 10.00 Å². The molecule has 0 atom stereocenters. The van der Waals surface area contributed by atoms with Crippen LogP contribution in [0.5, 0.6) is 5.75 Å². The SMILES string of the molecule is CC(C)C(=O)COc1c(I)cc(C#N)cc1[N+](=O)[O-]. The Bertz CT molecular complexity index is 564. The molecule has 1 aromatic rings. The van der Waals surface area contributed by atoms with E-state index in [0.717, 1.165) is 6.07 Å². The lowest BCUT2D eigenvalue weighted by Crippen LogP contribution is -2.17. The van der Waals surface area contributed by atoms with Crippen molar-refractivity contribution in [3.05, 3.63) is 31.4 Å². The van der Waals surface area contributed by atoms with E-state index in [9.17, 15) is 14.9 Å². The molecular formula is C12H11IN2O4. The number of nitro benzene ring substituents is 1. The van der Waals surface area contributed by atoms with Crippen LogP contribution in [0.4, 0.5) is 5.69 Å². The molecule has 0 spiro atoms. The van der Waals surface area contributed by atoms with Gasteiger partial charge in [0, 0.05) is 12.0 Å². The number of hydrogen-bond donors (Lipinski definition) is 0. The van der Waals surface area contributed by atoms with Gasteiger partial charge in [-0.15, -0.1) is 0 Å². The first-order chi connectivity index (χ1) is 8.86. The molecule has 0 bridgehead atoms. The molecule has 0 heterocycles. The number of rotatable bonds is 5. The molecule has 0 aliphatic heterocycles. The summed E-state index contributed by atoms with van der Waals surface area (Å²) in [7, 11) is 0. The van der Waals surface area contributed by atoms with Gasteiger partial charge in [0.05, 0.1) is 20.1 Å². The Morgan fingerprint density at radius 3 is 2.68 bits per heavy atom. The summed E-state index contributed by atoms with van der Waals surface area (Å²) in [4.78, 5) is 21.8. The van der Waals surface area contributed by atoms with E-state index < -0.39 is 4.92 Å². The fraction of sp³-hybridized carbons (Fsp3) is 0.333. The molecule has 0 aliphatic rings. The summed E-state index contributed by atoms with van der Waals surface area (Å²) in [6.07, 6.45) is 0. The molecule has 1 rings (SSSR count). The summed E-state index contributed by atoms with van der Waals surface area (Å²) >= 11 is 1.84. The first kappa shape index (κ1) is 15.4. The van der Waals surface area contributed by atoms with Crippen LogP contribution in [0.25, 0.3) is 0 Å². The summed E-state index contributed by atoms with van der Waals surface area (Å²) in [6.45, 7) is 3.23. The molecule has 0 radical (unpaired) electrons. The van der Waals surface area contributed by atoms with Crippen LogP contribution >= 0.6 is 22.6 Å². The number of carbonyl (C=O) groups excluding carboxylic acids is 1. The van der Waals surface area contributed by atoms with Gasteiger partial charge in [0.15, 0.2) is 5.78 Å². The summed E-state index contributed by atoms with van der Waals surface area (Å²) < 4.78 is 5.67. The Morgan fingerprint density at radius 2 is 2.21 bits per heavy atom. The van der Waals surface area contributed by atoms with Crippen molar-refractivity contribution < 1.29 is 14.5 Å². The van der Waals surface area contributed by atoms with Crippen LogP contribution in [0.1, 0.15) is 19.4 Å². The smallest absolute Gasteiger partial charge is 0.313 e. The fourth-order valence-corrected chi connectivity index (χ4v) is 2.00. The maximum atomic E-state index is 11.5. The maximum absolute atomic E-state index is 11.5. The Balaban J connectivity index is 3.10. The van der Waals surface area contributed by atoms with E-state index in [0.29, 0.717) is 3.57 Å². The number of Topliss-reactive ketones (excluding diaryl/α,β-unsaturated/α-hetero) is 1. The van der Waals surface area contributed by atoms with Gasteiger partial charge in [0.2, 0.25) is 5.75 Å². The average molecular weight is 374 g/mol. The lowest BCUT2D eigenvalue weighted by molar-refractivity contribution is -0.385. The van der Waals surface area contributed by atoms with Gasteiger partial charge in [0.1, 0.15) is 6.61 Å². The maximum Gasteiger partial charge on any atom is 0.313 e. The Hall–Kier alpha value is -1.69. The number of nitriles is 1. The molecule has 7 heteroatoms. The predicted octanol–water partition coefficient (Wildman–Crippen LogP) is 2.67. The van der Waals surface area contributed by atoms with Crippen LogP contribution in [0.15, 0.2) is 12.1 Å². The van der Waals surface area contributed by atoms with Gasteiger partial charge >= 0.3 is 5.69 Å². The van der Waals surface area contributed by atoms with Gasteiger partial charge in [-0.3, -0.25) is 14.9 Å². The van der Waals surface area contributed by atoms with Crippen molar-refractivity contribution in [2.45, 2.75) is 13.8 Å². The zero-order valence-electron chi connectivity index (χ0n) is 10.3. The van der Waals surface area contributed by atoms with E-state index in [1.54, 1.807) is 13.8 Å². The van der Waals surface area contributed by atoms with Crippen molar-refractivity contribution >= 4 is 34.1 Å². The Morgan fingerprint density at radius 1 is 1.58 bits per heavy atom. The number of hydrogen-bond acceptors (Lipinski definition) is 5. The second-order valence-corrected chi connectivity index (χ2v) is 5.25. The largest absolute Gasteiger partial charge is 0.478 e. The standard InChI is InChI=1S/C12H11IN2O4/c1-7(2)11(16)6-19-12-9(13)3-8(5-14)4-10(12)15(17)18/h3-4,7H,6H2,1-2H3. The number of nitrogens with zero attached hydrogens (tertiary/aromatic N) is 2. The highest BCUT2D eigenvalue weighted by molar-refractivity contribution is 14.1. The molecule has 6 nitrogen and oxygen atoms in total. The molecule has 0 N–H and O–H groups in total. The molecular weight excluding hydrogens is 363 g/mol. The van der Waals surface area contributed by atoms with Crippen LogP contribution in [0, 0.1) is 30.9 Å². The minimum Gasteiger partial charge on any atom is -0.478 e. The molecule has 0 aliphatic carbocycles. The van der Waals surface area contributed by atoms with Crippen LogP contribution in [0.3, 0.4) is 0 Å². The monoisotopic (exact) mass is 374 g/mol. The Kier molecular flexibility index (Phi) is 5.23. The normalized spacial score (nSPS) is 10.1. The number of nitro groups is 1. The van der Waals surface area contributed by atoms with Gasteiger partial charge in [0.25, 0.3) is 0 Å². The molecule has 0 saturated heterocycles. The molecule has 0 amide bonds. The van der Waals surface area contributed by atoms with Crippen LogP contribution < -0.4 is 4.74 Å². The average Bonchev–Trinajstić information content (AvgIpc) is 2.35. The molecule has 0 unspecified atom stereocenters. The third kappa shape index (κ3) is 3.89. The van der Waals surface area contributed by atoms with Gasteiger partial charge in [-0.05, 0) is 28.7 Å². The van der Waals surface area contributed by atoms with E-state index in [1.165, 1.54) is 6.07 Å². The molecule has 0 saturated carbocycles. The number of benzene rings is 1. The van der Waals surface area contributed by atoms with Crippen LogP contribution in [-0.4, -0.2) is 17.3 Å². The highest BCUT2D eigenvalue weighted by atomic mass is 127. The van der Waals surface area contributed by atoms with Crippen molar-refractivity contribution in [3.8, 4) is 11.8 Å². The zero-order valence-corrected chi connectivity index (χ0v) is 12.5. The van der Waals surface area contributed by atoms with Crippen molar-refractivity contribution in [2.75, 3.05) is 6.61 Å². The summed E-state index contributed by atoms with van der Waals surface area (Å²) in [5.74, 6) is -0.317. The van der Waals surface area contributed by atoms with Crippen molar-refractivity contribution in [1.29, 1.82) is 5.26 Å². The first-order valence-electron chi connectivity index (χ1n) is 5.40. The predicted molar refractivity (Wildman–Crippen MR) is 75.9 cm³/mol. The summed E-state index contributed by atoms with van der Waals surface area (Å²) in [5, 5.41) is 19.7. The topological polar surface area (TPSA) is 93.2 Å². The minimum absolute atomic E-state index is 0.0265. The van der Waals surface area contributed by atoms with Gasteiger partial charge in [-0.25, -0.2) is 0 Å². The number of ether oxygens (including phenoxy) is 1. The summed E-state index contributed by atoms with van der Waals surface area (Å²) in [6, 6.07) is 4.45. The molecule has 19 heavy (non-hydrogen) atoms. The second-order valence-electron chi connectivity index (χ2n) is 4.08. The molecule has 1 aromatic carbocycles. The van der Waals surface area contributed by atoms with E-state index in [1.807, 2.05) is 28.7 Å². The number of ketones is 1. The molecule has 100 valence electrons. The lowest BCUT2D eigenvalue weighted by atomic mass is 10.1. The first-order valence-corrected chi connectivity index (χ1v) is 6.48. The quantitative estimate of drug-likeness (QED) is 0.449. The highest BCUT2D eigenvalue weighted by Crippen LogP contribution is 2.33.